The van der Waals surface area contributed by atoms with Crippen LogP contribution >= 0.6 is 24.2 Å². The molecular weight excluding hydrogens is 291 g/mol. The average molecular weight is 315 g/mol. The van der Waals surface area contributed by atoms with Gasteiger partial charge in [-0.1, -0.05) is 50.8 Å². The van der Waals surface area contributed by atoms with Gasteiger partial charge in [0.05, 0.1) is 0 Å². The first kappa shape index (κ1) is 16.2. The Bertz CT molecular complexity index is 442. The maximum absolute atomic E-state index is 14.1. The van der Waals surface area contributed by atoms with Gasteiger partial charge in [0.25, 0.3) is 0 Å². The molecule has 1 aliphatic carbocycles. The molecule has 3 atom stereocenters. The van der Waals surface area contributed by atoms with Crippen molar-refractivity contribution < 1.29 is 4.39 Å². The molecule has 0 heterocycles. The van der Waals surface area contributed by atoms with Crippen LogP contribution in [-0.2, 0) is 5.41 Å². The zero-order valence-corrected chi connectivity index (χ0v) is 14.0. The SMILES string of the molecule is CCCCCC(CS)[C@H]1C[C@]1(C)c1c(F)cccc1Cl. The Kier molecular flexibility index (Phi) is 5.42. The Morgan fingerprint density at radius 2 is 2.20 bits per heavy atom. The van der Waals surface area contributed by atoms with Crippen LogP contribution in [0.2, 0.25) is 5.02 Å². The molecule has 0 bridgehead atoms. The van der Waals surface area contributed by atoms with Crippen LogP contribution in [0.3, 0.4) is 0 Å². The second-order valence-corrected chi connectivity index (χ2v) is 7.04. The summed E-state index contributed by atoms with van der Waals surface area (Å²) in [4.78, 5) is 0. The number of thiol groups is 1. The van der Waals surface area contributed by atoms with Crippen LogP contribution in [0.15, 0.2) is 18.2 Å². The summed E-state index contributed by atoms with van der Waals surface area (Å²) in [6, 6.07) is 5.00. The minimum absolute atomic E-state index is 0.0952. The topological polar surface area (TPSA) is 0 Å². The molecule has 2 rings (SSSR count). The fraction of sp³-hybridized carbons (Fsp3) is 0.647. The van der Waals surface area contributed by atoms with Gasteiger partial charge in [0.15, 0.2) is 0 Å². The summed E-state index contributed by atoms with van der Waals surface area (Å²) in [7, 11) is 0. The van der Waals surface area contributed by atoms with E-state index < -0.39 is 0 Å². The van der Waals surface area contributed by atoms with Crippen molar-refractivity contribution in [3.8, 4) is 0 Å². The van der Waals surface area contributed by atoms with E-state index >= 15 is 0 Å². The zero-order chi connectivity index (χ0) is 14.8. The number of benzene rings is 1. The normalized spacial score (nSPS) is 26.6. The fourth-order valence-corrected chi connectivity index (χ4v) is 4.31. The highest BCUT2D eigenvalue weighted by atomic mass is 35.5. The molecule has 0 nitrogen and oxygen atoms in total. The molecule has 0 aliphatic heterocycles. The van der Waals surface area contributed by atoms with Gasteiger partial charge >= 0.3 is 0 Å². The third-order valence-electron chi connectivity index (χ3n) is 4.82. The summed E-state index contributed by atoms with van der Waals surface area (Å²) in [5.74, 6) is 1.82. The van der Waals surface area contributed by atoms with Gasteiger partial charge < -0.3 is 0 Å². The van der Waals surface area contributed by atoms with Gasteiger partial charge in [0.1, 0.15) is 5.82 Å². The number of hydrogen-bond donors (Lipinski definition) is 1. The second-order valence-electron chi connectivity index (χ2n) is 6.26. The van der Waals surface area contributed by atoms with E-state index in [1.165, 1.54) is 31.7 Å². The summed E-state index contributed by atoms with van der Waals surface area (Å²) in [5, 5.41) is 0.571. The molecule has 0 saturated heterocycles. The van der Waals surface area contributed by atoms with E-state index in [9.17, 15) is 4.39 Å². The number of hydrogen-bond acceptors (Lipinski definition) is 1. The van der Waals surface area contributed by atoms with Crippen LogP contribution in [0.4, 0.5) is 4.39 Å². The lowest BCUT2D eigenvalue weighted by atomic mass is 9.88. The Balaban J connectivity index is 2.11. The molecule has 1 aliphatic rings. The van der Waals surface area contributed by atoms with E-state index in [1.807, 2.05) is 0 Å². The van der Waals surface area contributed by atoms with Crippen molar-refractivity contribution in [2.75, 3.05) is 5.75 Å². The lowest BCUT2D eigenvalue weighted by Gasteiger charge is -2.20. The van der Waals surface area contributed by atoms with Gasteiger partial charge in [-0.05, 0) is 42.6 Å². The first-order valence-corrected chi connectivity index (χ1v) is 8.61. The molecule has 0 N–H and O–H groups in total. The summed E-state index contributed by atoms with van der Waals surface area (Å²) in [6.07, 6.45) is 5.99. The molecule has 3 heteroatoms. The summed E-state index contributed by atoms with van der Waals surface area (Å²) in [5.41, 5.74) is 0.621. The molecule has 1 aromatic rings. The van der Waals surface area contributed by atoms with Crippen molar-refractivity contribution in [2.24, 2.45) is 11.8 Å². The van der Waals surface area contributed by atoms with Crippen molar-refractivity contribution in [3.63, 3.8) is 0 Å². The van der Waals surface area contributed by atoms with E-state index in [4.69, 9.17) is 11.6 Å². The van der Waals surface area contributed by atoms with Crippen molar-refractivity contribution in [1.29, 1.82) is 0 Å². The highest BCUT2D eigenvalue weighted by Crippen LogP contribution is 2.60. The molecule has 1 unspecified atom stereocenters. The molecule has 112 valence electrons. The van der Waals surface area contributed by atoms with Crippen LogP contribution in [0.5, 0.6) is 0 Å². The molecule has 20 heavy (non-hydrogen) atoms. The van der Waals surface area contributed by atoms with Crippen LogP contribution in [0.25, 0.3) is 0 Å². The Morgan fingerprint density at radius 1 is 1.45 bits per heavy atom. The minimum atomic E-state index is -0.158. The van der Waals surface area contributed by atoms with Crippen molar-refractivity contribution >= 4 is 24.2 Å². The molecule has 1 saturated carbocycles. The van der Waals surface area contributed by atoms with E-state index in [-0.39, 0.29) is 11.2 Å². The van der Waals surface area contributed by atoms with Crippen molar-refractivity contribution in [2.45, 2.75) is 51.4 Å². The quantitative estimate of drug-likeness (QED) is 0.471. The van der Waals surface area contributed by atoms with Gasteiger partial charge in [-0.3, -0.25) is 0 Å². The minimum Gasteiger partial charge on any atom is -0.207 e. The van der Waals surface area contributed by atoms with E-state index in [0.717, 1.165) is 12.2 Å². The third kappa shape index (κ3) is 3.17. The molecule has 1 aromatic carbocycles. The average Bonchev–Trinajstić information content (AvgIpc) is 3.07. The maximum Gasteiger partial charge on any atom is 0.128 e. The zero-order valence-electron chi connectivity index (χ0n) is 12.3. The molecule has 0 aromatic heterocycles. The monoisotopic (exact) mass is 314 g/mol. The van der Waals surface area contributed by atoms with Gasteiger partial charge in [-0.15, -0.1) is 0 Å². The summed E-state index contributed by atoms with van der Waals surface area (Å²) >= 11 is 10.7. The van der Waals surface area contributed by atoms with E-state index in [2.05, 4.69) is 26.5 Å². The number of rotatable bonds is 7. The molecular formula is C17H24ClFS. The highest BCUT2D eigenvalue weighted by molar-refractivity contribution is 7.80. The number of unbranched alkanes of at least 4 members (excludes halogenated alkanes) is 2. The van der Waals surface area contributed by atoms with Crippen LogP contribution in [-0.4, -0.2) is 5.75 Å². The predicted molar refractivity (Wildman–Crippen MR) is 88.4 cm³/mol. The highest BCUT2D eigenvalue weighted by Gasteiger charge is 2.55. The smallest absolute Gasteiger partial charge is 0.128 e. The van der Waals surface area contributed by atoms with Crippen LogP contribution in [0.1, 0.15) is 51.5 Å². The molecule has 0 amide bonds. The van der Waals surface area contributed by atoms with Gasteiger partial charge in [0.2, 0.25) is 0 Å². The summed E-state index contributed by atoms with van der Waals surface area (Å²) in [6.45, 7) is 4.37. The first-order valence-electron chi connectivity index (χ1n) is 7.60. The first-order chi connectivity index (χ1) is 9.54. The van der Waals surface area contributed by atoms with Crippen LogP contribution < -0.4 is 0 Å². The maximum atomic E-state index is 14.1. The Morgan fingerprint density at radius 3 is 2.80 bits per heavy atom. The van der Waals surface area contributed by atoms with Gasteiger partial charge in [-0.25, -0.2) is 4.39 Å². The molecule has 1 fully saturated rings. The van der Waals surface area contributed by atoms with Crippen molar-refractivity contribution in [3.05, 3.63) is 34.6 Å². The van der Waals surface area contributed by atoms with Gasteiger partial charge in [-0.2, -0.15) is 12.6 Å². The lowest BCUT2D eigenvalue weighted by Crippen LogP contribution is -2.15. The molecule has 0 radical (unpaired) electrons. The van der Waals surface area contributed by atoms with E-state index in [1.54, 1.807) is 12.1 Å². The third-order valence-corrected chi connectivity index (χ3v) is 5.60. The predicted octanol–water partition coefficient (Wildman–Crippen LogP) is 5.88. The fourth-order valence-electron chi connectivity index (χ4n) is 3.49. The van der Waals surface area contributed by atoms with Gasteiger partial charge in [0, 0.05) is 16.0 Å². The van der Waals surface area contributed by atoms with E-state index in [0.29, 0.717) is 22.4 Å². The standard InChI is InChI=1S/C17H24ClFS/c1-3-4-5-7-12(11-20)13-10-17(13,2)16-14(18)8-6-9-15(16)19/h6,8-9,12-13,20H,3-5,7,10-11H2,1-2H3/t12?,13-,17+/m1/s1. The Labute approximate surface area is 132 Å². The Hall–Kier alpha value is -0.210. The molecule has 0 spiro atoms. The van der Waals surface area contributed by atoms with Crippen molar-refractivity contribution in [1.82, 2.24) is 0 Å². The van der Waals surface area contributed by atoms with Crippen LogP contribution in [0, 0.1) is 17.7 Å². The largest absolute Gasteiger partial charge is 0.207 e. The second kappa shape index (κ2) is 6.70. The number of halogens is 2. The summed E-state index contributed by atoms with van der Waals surface area (Å²) < 4.78 is 14.1. The lowest BCUT2D eigenvalue weighted by molar-refractivity contribution is 0.414.